The average Bonchev–Trinajstić information content (AvgIpc) is 2.92. The molecule has 1 aromatic carbocycles. The summed E-state index contributed by atoms with van der Waals surface area (Å²) in [6.07, 6.45) is 7.07. The van der Waals surface area contributed by atoms with Crippen molar-refractivity contribution in [3.8, 4) is 12.3 Å². The SMILES string of the molecule is C#CCN1CCN(Cn2ncc3ccc([N+](=O)[O-])cc32)CC1. The first-order chi connectivity index (χ1) is 10.7. The van der Waals surface area contributed by atoms with Gasteiger partial charge in [0.15, 0.2) is 0 Å². The van der Waals surface area contributed by atoms with E-state index in [9.17, 15) is 10.1 Å². The lowest BCUT2D eigenvalue weighted by Gasteiger charge is -2.33. The van der Waals surface area contributed by atoms with Gasteiger partial charge in [-0.3, -0.25) is 24.6 Å². The molecule has 1 aromatic heterocycles. The maximum atomic E-state index is 10.9. The number of piperazine rings is 1. The van der Waals surface area contributed by atoms with E-state index >= 15 is 0 Å². The number of hydrogen-bond donors (Lipinski definition) is 0. The van der Waals surface area contributed by atoms with E-state index in [2.05, 4.69) is 20.8 Å². The molecule has 1 aliphatic heterocycles. The van der Waals surface area contributed by atoms with Gasteiger partial charge in [0.25, 0.3) is 5.69 Å². The van der Waals surface area contributed by atoms with Crippen molar-refractivity contribution in [1.82, 2.24) is 19.6 Å². The van der Waals surface area contributed by atoms with Gasteiger partial charge in [0.2, 0.25) is 0 Å². The molecule has 0 radical (unpaired) electrons. The van der Waals surface area contributed by atoms with Crippen molar-refractivity contribution in [2.24, 2.45) is 0 Å². The normalized spacial score (nSPS) is 16.7. The van der Waals surface area contributed by atoms with E-state index in [0.29, 0.717) is 13.2 Å². The van der Waals surface area contributed by atoms with Gasteiger partial charge in [-0.15, -0.1) is 6.42 Å². The van der Waals surface area contributed by atoms with Crippen LogP contribution in [0, 0.1) is 22.5 Å². The molecule has 0 bridgehead atoms. The monoisotopic (exact) mass is 299 g/mol. The van der Waals surface area contributed by atoms with E-state index in [1.807, 2.05) is 4.68 Å². The van der Waals surface area contributed by atoms with Crippen molar-refractivity contribution in [2.45, 2.75) is 6.67 Å². The van der Waals surface area contributed by atoms with Gasteiger partial charge >= 0.3 is 0 Å². The van der Waals surface area contributed by atoms with Crippen LogP contribution in [0.5, 0.6) is 0 Å². The Morgan fingerprint density at radius 3 is 2.68 bits per heavy atom. The van der Waals surface area contributed by atoms with Crippen LogP contribution in [0.2, 0.25) is 0 Å². The highest BCUT2D eigenvalue weighted by Crippen LogP contribution is 2.21. The fourth-order valence-corrected chi connectivity index (χ4v) is 2.69. The predicted molar refractivity (Wildman–Crippen MR) is 83.2 cm³/mol. The molecule has 7 heteroatoms. The number of hydrogen-bond acceptors (Lipinski definition) is 5. The van der Waals surface area contributed by atoms with E-state index in [1.54, 1.807) is 18.3 Å². The van der Waals surface area contributed by atoms with Crippen molar-refractivity contribution in [3.05, 3.63) is 34.5 Å². The lowest BCUT2D eigenvalue weighted by Crippen LogP contribution is -2.46. The molecule has 2 heterocycles. The lowest BCUT2D eigenvalue weighted by atomic mass is 10.2. The molecule has 3 rings (SSSR count). The Hall–Kier alpha value is -2.43. The van der Waals surface area contributed by atoms with Gasteiger partial charge in [-0.25, -0.2) is 0 Å². The highest BCUT2D eigenvalue weighted by atomic mass is 16.6. The molecule has 22 heavy (non-hydrogen) atoms. The number of nitrogens with zero attached hydrogens (tertiary/aromatic N) is 5. The number of rotatable bonds is 4. The largest absolute Gasteiger partial charge is 0.290 e. The summed E-state index contributed by atoms with van der Waals surface area (Å²) >= 11 is 0. The molecule has 1 saturated heterocycles. The van der Waals surface area contributed by atoms with Gasteiger partial charge in [0.05, 0.1) is 29.9 Å². The van der Waals surface area contributed by atoms with Crippen LogP contribution >= 0.6 is 0 Å². The standard InChI is InChI=1S/C15H17N5O2/c1-2-5-17-6-8-18(9-7-17)12-19-15-10-14(20(21)22)4-3-13(15)11-16-19/h1,3-4,10-11H,5-9,12H2. The molecule has 114 valence electrons. The minimum Gasteiger partial charge on any atom is -0.290 e. The Labute approximate surface area is 128 Å². The summed E-state index contributed by atoms with van der Waals surface area (Å²) < 4.78 is 1.82. The third-order valence-corrected chi connectivity index (χ3v) is 3.95. The van der Waals surface area contributed by atoms with Crippen molar-refractivity contribution in [3.63, 3.8) is 0 Å². The third-order valence-electron chi connectivity index (χ3n) is 3.95. The lowest BCUT2D eigenvalue weighted by molar-refractivity contribution is -0.384. The molecule has 0 saturated carbocycles. The molecule has 1 fully saturated rings. The zero-order chi connectivity index (χ0) is 15.5. The molecule has 7 nitrogen and oxygen atoms in total. The van der Waals surface area contributed by atoms with Crippen molar-refractivity contribution in [1.29, 1.82) is 0 Å². The number of aromatic nitrogens is 2. The topological polar surface area (TPSA) is 67.4 Å². The number of terminal acetylenes is 1. The minimum atomic E-state index is -0.380. The molecular formula is C15H17N5O2. The fourth-order valence-electron chi connectivity index (χ4n) is 2.69. The van der Waals surface area contributed by atoms with Crippen molar-refractivity contribution < 1.29 is 4.92 Å². The molecule has 0 aliphatic carbocycles. The number of nitro groups is 1. The van der Waals surface area contributed by atoms with Crippen LogP contribution in [0.1, 0.15) is 0 Å². The second kappa shape index (κ2) is 6.13. The molecule has 1 aliphatic rings. The van der Waals surface area contributed by atoms with E-state index in [0.717, 1.165) is 37.1 Å². The average molecular weight is 299 g/mol. The Bertz CT molecular complexity index is 725. The van der Waals surface area contributed by atoms with Crippen molar-refractivity contribution in [2.75, 3.05) is 32.7 Å². The second-order valence-electron chi connectivity index (χ2n) is 5.38. The van der Waals surface area contributed by atoms with Gasteiger partial charge in [-0.05, 0) is 6.07 Å². The van der Waals surface area contributed by atoms with Gasteiger partial charge in [0, 0.05) is 43.7 Å². The zero-order valence-electron chi connectivity index (χ0n) is 12.2. The number of benzene rings is 1. The summed E-state index contributed by atoms with van der Waals surface area (Å²) in [6.45, 7) is 5.02. The van der Waals surface area contributed by atoms with Gasteiger partial charge in [0.1, 0.15) is 0 Å². The third kappa shape index (κ3) is 2.93. The first-order valence-electron chi connectivity index (χ1n) is 7.15. The molecule has 0 atom stereocenters. The molecular weight excluding hydrogens is 282 g/mol. The molecule has 2 aromatic rings. The van der Waals surface area contributed by atoms with Crippen LogP contribution < -0.4 is 0 Å². The summed E-state index contributed by atoms with van der Waals surface area (Å²) in [6, 6.07) is 4.83. The Balaban J connectivity index is 1.73. The predicted octanol–water partition coefficient (Wildman–Crippen LogP) is 1.15. The zero-order valence-corrected chi connectivity index (χ0v) is 12.2. The Morgan fingerprint density at radius 1 is 1.27 bits per heavy atom. The van der Waals surface area contributed by atoms with E-state index < -0.39 is 0 Å². The van der Waals surface area contributed by atoms with Crippen LogP contribution in [0.15, 0.2) is 24.4 Å². The number of nitro benzene ring substituents is 1. The highest BCUT2D eigenvalue weighted by molar-refractivity contribution is 5.80. The van der Waals surface area contributed by atoms with Crippen LogP contribution in [0.25, 0.3) is 10.9 Å². The van der Waals surface area contributed by atoms with E-state index in [-0.39, 0.29) is 10.6 Å². The quantitative estimate of drug-likeness (QED) is 0.481. The summed E-state index contributed by atoms with van der Waals surface area (Å²) in [7, 11) is 0. The van der Waals surface area contributed by atoms with Crippen molar-refractivity contribution >= 4 is 16.6 Å². The van der Waals surface area contributed by atoms with E-state index in [1.165, 1.54) is 6.07 Å². The van der Waals surface area contributed by atoms with Crippen LogP contribution in [-0.4, -0.2) is 57.2 Å². The molecule has 0 spiro atoms. The first kappa shape index (κ1) is 14.5. The summed E-state index contributed by atoms with van der Waals surface area (Å²) in [5.74, 6) is 2.66. The summed E-state index contributed by atoms with van der Waals surface area (Å²) in [5, 5.41) is 16.2. The van der Waals surface area contributed by atoms with Crippen LogP contribution in [0.3, 0.4) is 0 Å². The summed E-state index contributed by atoms with van der Waals surface area (Å²) in [5.41, 5.74) is 0.883. The Kier molecular flexibility index (Phi) is 4.04. The van der Waals surface area contributed by atoms with Gasteiger partial charge in [-0.1, -0.05) is 5.92 Å². The Morgan fingerprint density at radius 2 is 2.00 bits per heavy atom. The van der Waals surface area contributed by atoms with Gasteiger partial charge in [-0.2, -0.15) is 5.10 Å². The second-order valence-corrected chi connectivity index (χ2v) is 5.38. The molecule has 0 amide bonds. The minimum absolute atomic E-state index is 0.0908. The maximum absolute atomic E-state index is 10.9. The maximum Gasteiger partial charge on any atom is 0.271 e. The van der Waals surface area contributed by atoms with E-state index in [4.69, 9.17) is 6.42 Å². The molecule has 0 unspecified atom stereocenters. The molecule has 0 N–H and O–H groups in total. The number of fused-ring (bicyclic) bond motifs is 1. The number of non-ortho nitro benzene ring substituents is 1. The fraction of sp³-hybridized carbons (Fsp3) is 0.400. The van der Waals surface area contributed by atoms with Crippen LogP contribution in [0.4, 0.5) is 5.69 Å². The van der Waals surface area contributed by atoms with Gasteiger partial charge < -0.3 is 0 Å². The first-order valence-corrected chi connectivity index (χ1v) is 7.15. The smallest absolute Gasteiger partial charge is 0.271 e. The summed E-state index contributed by atoms with van der Waals surface area (Å²) in [4.78, 5) is 15.0. The van der Waals surface area contributed by atoms with Crippen LogP contribution in [-0.2, 0) is 6.67 Å². The highest BCUT2D eigenvalue weighted by Gasteiger charge is 2.17.